The van der Waals surface area contributed by atoms with Gasteiger partial charge in [0.05, 0.1) is 62.3 Å². The topological polar surface area (TPSA) is 57.4 Å². The van der Waals surface area contributed by atoms with Gasteiger partial charge in [-0.05, 0) is 134 Å². The molecule has 2 heterocycles. The van der Waals surface area contributed by atoms with Crippen LogP contribution in [0.25, 0.3) is 122 Å². The Labute approximate surface area is 436 Å². The lowest BCUT2D eigenvalue weighted by Gasteiger charge is -2.21. The van der Waals surface area contributed by atoms with Crippen molar-refractivity contribution in [2.75, 3.05) is 0 Å². The lowest BCUT2D eigenvalue weighted by atomic mass is 9.93. The third-order valence-corrected chi connectivity index (χ3v) is 14.6. The molecule has 13 rings (SSSR count). The molecule has 0 atom stereocenters. The molecule has 76 heavy (non-hydrogen) atoms. The molecule has 0 amide bonds. The molecule has 0 N–H and O–H groups in total. The number of fused-ring (bicyclic) bond motifs is 6. The van der Waals surface area contributed by atoms with Crippen LogP contribution in [-0.2, 0) is 6.18 Å². The fourth-order valence-electron chi connectivity index (χ4n) is 11.0. The average molecular weight is 983 g/mol. The summed E-state index contributed by atoms with van der Waals surface area (Å²) in [6, 6.07) is 85.9. The van der Waals surface area contributed by atoms with E-state index in [0.717, 1.165) is 111 Å². The molecule has 0 unspecified atom stereocenters. The van der Waals surface area contributed by atoms with Crippen molar-refractivity contribution in [2.24, 2.45) is 0 Å². The van der Waals surface area contributed by atoms with Gasteiger partial charge in [0.2, 0.25) is 0 Å². The van der Waals surface area contributed by atoms with Crippen LogP contribution in [0.4, 0.5) is 13.2 Å². The van der Waals surface area contributed by atoms with E-state index in [2.05, 4.69) is 137 Å². The molecule has 0 bridgehead atoms. The van der Waals surface area contributed by atoms with Crippen LogP contribution in [0.5, 0.6) is 0 Å². The fourth-order valence-corrected chi connectivity index (χ4v) is 11.0. The summed E-state index contributed by atoms with van der Waals surface area (Å²) in [7, 11) is 0. The first-order chi connectivity index (χ1) is 37.2. The second-order valence-corrected chi connectivity index (χ2v) is 19.0. The average Bonchev–Trinajstić information content (AvgIpc) is 4.03. The van der Waals surface area contributed by atoms with Crippen LogP contribution in [0.2, 0.25) is 0 Å². The smallest absolute Gasteiger partial charge is 0.309 e. The fraction of sp³-hybridized carbons (Fsp3) is 0.0145. The van der Waals surface area contributed by atoms with Gasteiger partial charge in [0, 0.05) is 32.7 Å². The number of hydrogen-bond donors (Lipinski definition) is 0. The van der Waals surface area contributed by atoms with Crippen LogP contribution in [-0.4, -0.2) is 9.13 Å². The molecule has 0 fully saturated rings. The Balaban J connectivity index is 1.13. The van der Waals surface area contributed by atoms with Gasteiger partial charge in [0.15, 0.2) is 0 Å². The summed E-state index contributed by atoms with van der Waals surface area (Å²) in [6.45, 7) is 0. The minimum atomic E-state index is -4.76. The van der Waals surface area contributed by atoms with E-state index in [1.165, 1.54) is 12.1 Å². The number of nitriles is 2. The van der Waals surface area contributed by atoms with Crippen molar-refractivity contribution in [3.05, 3.63) is 265 Å². The second kappa shape index (κ2) is 18.4. The standard InChI is InChI=1S/C69H41F3N4/c70-69(71,72)62-35-44(42-73)21-28-55(62)54-23-30-57(68(41-54)76-65-33-26-52(48-17-9-3-10-18-48)39-60(65)61-40-53(27-34-66(61)76)49-19-11-4-12-20-49)56-29-22-45(43-74)36-67(56)75-63-31-24-50(46-13-5-1-6-14-46)37-58(63)59-38-51(25-32-64(59)75)47-15-7-2-8-16-47/h1-41H. The van der Waals surface area contributed by atoms with Gasteiger partial charge in [0.25, 0.3) is 0 Å². The second-order valence-electron chi connectivity index (χ2n) is 19.0. The molecule has 0 aliphatic rings. The normalized spacial score (nSPS) is 11.6. The lowest BCUT2D eigenvalue weighted by Crippen LogP contribution is -2.08. The predicted molar refractivity (Wildman–Crippen MR) is 302 cm³/mol. The van der Waals surface area contributed by atoms with Crippen molar-refractivity contribution in [3.63, 3.8) is 0 Å². The summed E-state index contributed by atoms with van der Waals surface area (Å²) in [4.78, 5) is 0. The van der Waals surface area contributed by atoms with Crippen molar-refractivity contribution in [3.8, 4) is 90.3 Å². The van der Waals surface area contributed by atoms with E-state index < -0.39 is 11.7 Å². The zero-order valence-electron chi connectivity index (χ0n) is 40.6. The van der Waals surface area contributed by atoms with E-state index in [-0.39, 0.29) is 11.1 Å². The third-order valence-electron chi connectivity index (χ3n) is 14.6. The summed E-state index contributed by atoms with van der Waals surface area (Å²) < 4.78 is 49.9. The Kier molecular flexibility index (Phi) is 11.0. The van der Waals surface area contributed by atoms with Crippen molar-refractivity contribution >= 4 is 43.6 Å². The zero-order chi connectivity index (χ0) is 51.5. The number of rotatable bonds is 8. The zero-order valence-corrected chi connectivity index (χ0v) is 40.6. The molecule has 0 radical (unpaired) electrons. The minimum Gasteiger partial charge on any atom is -0.309 e. The number of alkyl halides is 3. The number of benzene rings is 11. The predicted octanol–water partition coefficient (Wildman–Crippen LogP) is 18.6. The molecule has 2 aromatic heterocycles. The molecule has 0 aliphatic heterocycles. The summed E-state index contributed by atoms with van der Waals surface area (Å²) >= 11 is 0. The summed E-state index contributed by atoms with van der Waals surface area (Å²) in [6.07, 6.45) is -4.76. The quantitative estimate of drug-likeness (QED) is 0.152. The van der Waals surface area contributed by atoms with Gasteiger partial charge in [-0.15, -0.1) is 0 Å². The molecule has 0 aliphatic carbocycles. The molecule has 358 valence electrons. The summed E-state index contributed by atoms with van der Waals surface area (Å²) in [5.41, 5.74) is 14.5. The number of aromatic nitrogens is 2. The van der Waals surface area contributed by atoms with Crippen molar-refractivity contribution < 1.29 is 13.2 Å². The maximum atomic E-state index is 15.2. The Morgan fingerprint density at radius 3 is 0.961 bits per heavy atom. The van der Waals surface area contributed by atoms with Crippen LogP contribution in [0.1, 0.15) is 16.7 Å². The van der Waals surface area contributed by atoms with Gasteiger partial charge in [-0.3, -0.25) is 0 Å². The number of hydrogen-bond acceptors (Lipinski definition) is 2. The highest BCUT2D eigenvalue weighted by Gasteiger charge is 2.34. The number of nitrogens with zero attached hydrogens (tertiary/aromatic N) is 4. The highest BCUT2D eigenvalue weighted by atomic mass is 19.4. The van der Waals surface area contributed by atoms with Crippen molar-refractivity contribution in [2.45, 2.75) is 6.18 Å². The Hall–Kier alpha value is -10.2. The maximum Gasteiger partial charge on any atom is 0.417 e. The van der Waals surface area contributed by atoms with E-state index in [1.54, 1.807) is 12.1 Å². The molecule has 7 heteroatoms. The minimum absolute atomic E-state index is 0.0521. The molecule has 4 nitrogen and oxygen atoms in total. The largest absolute Gasteiger partial charge is 0.417 e. The first-order valence-corrected chi connectivity index (χ1v) is 24.9. The van der Waals surface area contributed by atoms with Crippen LogP contribution in [0, 0.1) is 22.7 Å². The van der Waals surface area contributed by atoms with E-state index >= 15 is 13.2 Å². The number of halogens is 3. The van der Waals surface area contributed by atoms with E-state index in [9.17, 15) is 10.5 Å². The molecule has 0 saturated carbocycles. The van der Waals surface area contributed by atoms with E-state index in [4.69, 9.17) is 0 Å². The van der Waals surface area contributed by atoms with Crippen LogP contribution >= 0.6 is 0 Å². The van der Waals surface area contributed by atoms with E-state index in [0.29, 0.717) is 16.8 Å². The summed E-state index contributed by atoms with van der Waals surface area (Å²) in [5.74, 6) is 0. The molecular formula is C69H41F3N4. The monoisotopic (exact) mass is 982 g/mol. The van der Waals surface area contributed by atoms with Gasteiger partial charge >= 0.3 is 6.18 Å². The molecule has 11 aromatic carbocycles. The SMILES string of the molecule is N#Cc1ccc(-c2ccc(-c3ccc(C#N)cc3C(F)(F)F)cc2-n2c3ccc(-c4ccccc4)cc3c3cc(-c4ccccc4)ccc32)c(-n2c3ccc(-c4ccccc4)cc3c3cc(-c4ccccc4)ccc32)c1. The first kappa shape index (κ1) is 45.6. The Bertz CT molecular complexity index is 4310. The first-order valence-electron chi connectivity index (χ1n) is 24.9. The van der Waals surface area contributed by atoms with Gasteiger partial charge in [-0.25, -0.2) is 0 Å². The van der Waals surface area contributed by atoms with Crippen LogP contribution in [0.15, 0.2) is 249 Å². The molecule has 13 aromatic rings. The lowest BCUT2D eigenvalue weighted by molar-refractivity contribution is -0.137. The Morgan fingerprint density at radius 1 is 0.289 bits per heavy atom. The molecule has 0 spiro atoms. The molecule has 0 saturated heterocycles. The third kappa shape index (κ3) is 7.87. The van der Waals surface area contributed by atoms with Crippen molar-refractivity contribution in [1.82, 2.24) is 9.13 Å². The van der Waals surface area contributed by atoms with Crippen molar-refractivity contribution in [1.29, 1.82) is 10.5 Å². The summed E-state index contributed by atoms with van der Waals surface area (Å²) in [5, 5.41) is 24.4. The molecular weight excluding hydrogens is 942 g/mol. The van der Waals surface area contributed by atoms with Gasteiger partial charge in [0.1, 0.15) is 0 Å². The van der Waals surface area contributed by atoms with Gasteiger partial charge in [-0.1, -0.05) is 170 Å². The van der Waals surface area contributed by atoms with Crippen LogP contribution in [0.3, 0.4) is 0 Å². The van der Waals surface area contributed by atoms with E-state index in [1.807, 2.05) is 103 Å². The van der Waals surface area contributed by atoms with Crippen LogP contribution < -0.4 is 0 Å². The highest BCUT2D eigenvalue weighted by molar-refractivity contribution is 6.14. The Morgan fingerprint density at radius 2 is 0.605 bits per heavy atom. The van der Waals surface area contributed by atoms with Gasteiger partial charge in [-0.2, -0.15) is 23.7 Å². The van der Waals surface area contributed by atoms with Gasteiger partial charge < -0.3 is 9.13 Å². The highest BCUT2D eigenvalue weighted by Crippen LogP contribution is 2.46. The maximum absolute atomic E-state index is 15.2.